The second kappa shape index (κ2) is 3.72. The number of aryl methyl sites for hydroxylation is 1. The first-order valence-corrected chi connectivity index (χ1v) is 5.38. The van der Waals surface area contributed by atoms with Crippen LogP contribution in [0.3, 0.4) is 0 Å². The number of rotatable bonds is 3. The molecular weight excluding hydrogens is 190 g/mol. The van der Waals surface area contributed by atoms with Crippen molar-refractivity contribution in [3.63, 3.8) is 0 Å². The van der Waals surface area contributed by atoms with Gasteiger partial charge in [-0.25, -0.2) is 0 Å². The Bertz CT molecular complexity index is 369. The van der Waals surface area contributed by atoms with Crippen LogP contribution in [0.5, 0.6) is 0 Å². The minimum Gasteiger partial charge on any atom is -0.464 e. The lowest BCUT2D eigenvalue weighted by molar-refractivity contribution is -0.132. The minimum absolute atomic E-state index is 0.247. The molecule has 3 heteroatoms. The van der Waals surface area contributed by atoms with E-state index in [1.165, 1.54) is 0 Å². The Morgan fingerprint density at radius 1 is 1.60 bits per heavy atom. The van der Waals surface area contributed by atoms with Crippen LogP contribution in [0.4, 0.5) is 0 Å². The molecule has 0 bridgehead atoms. The lowest BCUT2D eigenvalue weighted by Crippen LogP contribution is -2.27. The van der Waals surface area contributed by atoms with Gasteiger partial charge in [-0.3, -0.25) is 4.79 Å². The van der Waals surface area contributed by atoms with E-state index in [1.807, 2.05) is 26.1 Å². The summed E-state index contributed by atoms with van der Waals surface area (Å²) in [5, 5.41) is 0. The molecule has 0 radical (unpaired) electrons. The zero-order valence-corrected chi connectivity index (χ0v) is 9.49. The third-order valence-electron chi connectivity index (χ3n) is 2.99. The van der Waals surface area contributed by atoms with Gasteiger partial charge in [0.15, 0.2) is 0 Å². The van der Waals surface area contributed by atoms with E-state index in [-0.39, 0.29) is 11.8 Å². The molecule has 1 saturated carbocycles. The molecular formula is C12H17NO2. The molecule has 2 unspecified atom stereocenters. The maximum absolute atomic E-state index is 11.8. The van der Waals surface area contributed by atoms with Gasteiger partial charge in [-0.15, -0.1) is 0 Å². The Morgan fingerprint density at radius 2 is 2.27 bits per heavy atom. The quantitative estimate of drug-likeness (QED) is 0.761. The molecule has 15 heavy (non-hydrogen) atoms. The summed E-state index contributed by atoms with van der Waals surface area (Å²) in [6.07, 6.45) is 1.04. The van der Waals surface area contributed by atoms with Gasteiger partial charge >= 0.3 is 0 Å². The SMILES string of the molecule is Cc1ccc(CN(C)C(=O)C2CC2C)o1. The van der Waals surface area contributed by atoms with E-state index in [0.717, 1.165) is 17.9 Å². The maximum atomic E-state index is 11.8. The molecule has 1 aromatic heterocycles. The smallest absolute Gasteiger partial charge is 0.226 e. The zero-order chi connectivity index (χ0) is 11.0. The fourth-order valence-electron chi connectivity index (χ4n) is 1.83. The van der Waals surface area contributed by atoms with Crippen LogP contribution in [-0.4, -0.2) is 17.9 Å². The van der Waals surface area contributed by atoms with E-state index < -0.39 is 0 Å². The van der Waals surface area contributed by atoms with Crippen LogP contribution in [0.25, 0.3) is 0 Å². The zero-order valence-electron chi connectivity index (χ0n) is 9.49. The summed E-state index contributed by atoms with van der Waals surface area (Å²) in [6.45, 7) is 4.61. The van der Waals surface area contributed by atoms with Gasteiger partial charge in [-0.1, -0.05) is 6.92 Å². The van der Waals surface area contributed by atoms with Crippen LogP contribution in [0, 0.1) is 18.8 Å². The normalized spacial score (nSPS) is 23.9. The van der Waals surface area contributed by atoms with Crippen LogP contribution in [0.15, 0.2) is 16.5 Å². The van der Waals surface area contributed by atoms with E-state index >= 15 is 0 Å². The predicted octanol–water partition coefficient (Wildman–Crippen LogP) is 2.20. The second-order valence-electron chi connectivity index (χ2n) is 4.53. The van der Waals surface area contributed by atoms with Crippen LogP contribution in [0.1, 0.15) is 24.9 Å². The van der Waals surface area contributed by atoms with Gasteiger partial charge < -0.3 is 9.32 Å². The van der Waals surface area contributed by atoms with Gasteiger partial charge in [0.1, 0.15) is 11.5 Å². The standard InChI is InChI=1S/C12H17NO2/c1-8-6-11(8)12(14)13(3)7-10-5-4-9(2)15-10/h4-5,8,11H,6-7H2,1-3H3. The molecule has 1 amide bonds. The molecule has 82 valence electrons. The maximum Gasteiger partial charge on any atom is 0.226 e. The number of nitrogens with zero attached hydrogens (tertiary/aromatic N) is 1. The average Bonchev–Trinajstić information content (AvgIpc) is 2.77. The van der Waals surface area contributed by atoms with Gasteiger partial charge in [0, 0.05) is 13.0 Å². The molecule has 0 aliphatic heterocycles. The van der Waals surface area contributed by atoms with E-state index in [1.54, 1.807) is 4.90 Å². The molecule has 1 aliphatic rings. The summed E-state index contributed by atoms with van der Waals surface area (Å²) < 4.78 is 5.44. The van der Waals surface area contributed by atoms with Crippen molar-refractivity contribution < 1.29 is 9.21 Å². The van der Waals surface area contributed by atoms with Gasteiger partial charge in [0.05, 0.1) is 6.54 Å². The number of carbonyl (C=O) groups is 1. The molecule has 1 aliphatic carbocycles. The van der Waals surface area contributed by atoms with Crippen molar-refractivity contribution in [2.75, 3.05) is 7.05 Å². The highest BCUT2D eigenvalue weighted by Gasteiger charge is 2.40. The lowest BCUT2D eigenvalue weighted by Gasteiger charge is -2.15. The van der Waals surface area contributed by atoms with Gasteiger partial charge in [-0.05, 0) is 31.4 Å². The Kier molecular flexibility index (Phi) is 2.55. The minimum atomic E-state index is 0.247. The first kappa shape index (κ1) is 10.3. The van der Waals surface area contributed by atoms with Crippen molar-refractivity contribution in [2.45, 2.75) is 26.8 Å². The first-order chi connectivity index (χ1) is 7.08. The summed E-state index contributed by atoms with van der Waals surface area (Å²) in [5.74, 6) is 2.82. The highest BCUT2D eigenvalue weighted by atomic mass is 16.3. The summed E-state index contributed by atoms with van der Waals surface area (Å²) in [6, 6.07) is 3.85. The lowest BCUT2D eigenvalue weighted by atomic mass is 10.3. The topological polar surface area (TPSA) is 33.5 Å². The van der Waals surface area contributed by atoms with E-state index in [0.29, 0.717) is 12.5 Å². The van der Waals surface area contributed by atoms with Crippen LogP contribution < -0.4 is 0 Å². The summed E-state index contributed by atoms with van der Waals surface area (Å²) in [5.41, 5.74) is 0. The predicted molar refractivity (Wildman–Crippen MR) is 57.2 cm³/mol. The average molecular weight is 207 g/mol. The van der Waals surface area contributed by atoms with Crippen molar-refractivity contribution >= 4 is 5.91 Å². The largest absolute Gasteiger partial charge is 0.464 e. The van der Waals surface area contributed by atoms with Crippen molar-refractivity contribution in [1.29, 1.82) is 0 Å². The Balaban J connectivity index is 1.92. The molecule has 3 nitrogen and oxygen atoms in total. The number of hydrogen-bond donors (Lipinski definition) is 0. The van der Waals surface area contributed by atoms with Crippen molar-refractivity contribution in [3.05, 3.63) is 23.7 Å². The molecule has 1 heterocycles. The molecule has 1 fully saturated rings. The van der Waals surface area contributed by atoms with Crippen LogP contribution >= 0.6 is 0 Å². The van der Waals surface area contributed by atoms with Gasteiger partial charge in [0.25, 0.3) is 0 Å². The Labute approximate surface area is 90.1 Å². The highest BCUT2D eigenvalue weighted by Crippen LogP contribution is 2.39. The molecule has 2 atom stereocenters. The number of furan rings is 1. The summed E-state index contributed by atoms with van der Waals surface area (Å²) >= 11 is 0. The number of carbonyl (C=O) groups excluding carboxylic acids is 1. The molecule has 0 spiro atoms. The van der Waals surface area contributed by atoms with E-state index in [9.17, 15) is 4.79 Å². The number of amides is 1. The van der Waals surface area contributed by atoms with Crippen LogP contribution in [-0.2, 0) is 11.3 Å². The van der Waals surface area contributed by atoms with Gasteiger partial charge in [-0.2, -0.15) is 0 Å². The summed E-state index contributed by atoms with van der Waals surface area (Å²) in [4.78, 5) is 13.6. The van der Waals surface area contributed by atoms with Crippen molar-refractivity contribution in [3.8, 4) is 0 Å². The third-order valence-corrected chi connectivity index (χ3v) is 2.99. The van der Waals surface area contributed by atoms with Crippen molar-refractivity contribution in [2.24, 2.45) is 11.8 Å². The fourth-order valence-corrected chi connectivity index (χ4v) is 1.83. The molecule has 0 aromatic carbocycles. The second-order valence-corrected chi connectivity index (χ2v) is 4.53. The van der Waals surface area contributed by atoms with E-state index in [2.05, 4.69) is 6.92 Å². The third kappa shape index (κ3) is 2.22. The van der Waals surface area contributed by atoms with Crippen molar-refractivity contribution in [1.82, 2.24) is 4.90 Å². The Morgan fingerprint density at radius 3 is 2.73 bits per heavy atom. The van der Waals surface area contributed by atoms with Gasteiger partial charge in [0.2, 0.25) is 5.91 Å². The first-order valence-electron chi connectivity index (χ1n) is 5.38. The molecule has 1 aromatic rings. The number of hydrogen-bond acceptors (Lipinski definition) is 2. The van der Waals surface area contributed by atoms with Crippen LogP contribution in [0.2, 0.25) is 0 Å². The Hall–Kier alpha value is -1.25. The molecule has 0 saturated heterocycles. The highest BCUT2D eigenvalue weighted by molar-refractivity contribution is 5.81. The summed E-state index contributed by atoms with van der Waals surface area (Å²) in [7, 11) is 1.84. The molecule has 0 N–H and O–H groups in total. The monoisotopic (exact) mass is 207 g/mol. The van der Waals surface area contributed by atoms with E-state index in [4.69, 9.17) is 4.42 Å². The molecule has 2 rings (SSSR count). The fraction of sp³-hybridized carbons (Fsp3) is 0.583.